The van der Waals surface area contributed by atoms with Gasteiger partial charge in [0.05, 0.1) is 12.0 Å². The third-order valence-corrected chi connectivity index (χ3v) is 4.42. The molecule has 0 saturated heterocycles. The fourth-order valence-corrected chi connectivity index (χ4v) is 3.10. The molecule has 1 aromatic carbocycles. The molecule has 2 amide bonds. The monoisotopic (exact) mass is 403 g/mol. The first-order chi connectivity index (χ1) is 13.7. The molecule has 0 aliphatic carbocycles. The van der Waals surface area contributed by atoms with Crippen LogP contribution in [0.2, 0.25) is 0 Å². The molecule has 2 aromatic rings. The Balaban J connectivity index is 2.87. The van der Waals surface area contributed by atoms with E-state index in [2.05, 4.69) is 5.32 Å². The summed E-state index contributed by atoms with van der Waals surface area (Å²) in [6.45, 7) is 8.07. The largest absolute Gasteiger partial charge is 0.489 e. The van der Waals surface area contributed by atoms with Crippen molar-refractivity contribution in [2.24, 2.45) is 5.92 Å². The summed E-state index contributed by atoms with van der Waals surface area (Å²) in [4.78, 5) is 37.5. The lowest BCUT2D eigenvalue weighted by Crippen LogP contribution is -2.34. The SMILES string of the molecule is CCCCOc1c(N(C)C(=O)O)n(CC(C)C)c(=O)c2ccc(NC(C)=O)cc12. The molecule has 0 saturated carbocycles. The number of rotatable bonds is 8. The normalized spacial score (nSPS) is 11.0. The van der Waals surface area contributed by atoms with Crippen LogP contribution in [-0.2, 0) is 11.3 Å². The summed E-state index contributed by atoms with van der Waals surface area (Å²) in [5.41, 5.74) is 0.212. The Morgan fingerprint density at radius 3 is 2.52 bits per heavy atom. The van der Waals surface area contributed by atoms with Crippen molar-refractivity contribution in [2.75, 3.05) is 23.9 Å². The van der Waals surface area contributed by atoms with E-state index in [1.54, 1.807) is 18.2 Å². The molecule has 2 rings (SSSR count). The number of unbranched alkanes of at least 4 members (excludes halogenated alkanes) is 1. The Hall–Kier alpha value is -3.03. The summed E-state index contributed by atoms with van der Waals surface area (Å²) in [5, 5.41) is 13.2. The highest BCUT2D eigenvalue weighted by atomic mass is 16.5. The van der Waals surface area contributed by atoms with Crippen LogP contribution in [0.15, 0.2) is 23.0 Å². The first-order valence-electron chi connectivity index (χ1n) is 9.74. The zero-order valence-corrected chi connectivity index (χ0v) is 17.6. The van der Waals surface area contributed by atoms with Gasteiger partial charge in [-0.15, -0.1) is 0 Å². The van der Waals surface area contributed by atoms with Crippen molar-refractivity contribution < 1.29 is 19.4 Å². The van der Waals surface area contributed by atoms with Gasteiger partial charge >= 0.3 is 6.09 Å². The molecule has 0 unspecified atom stereocenters. The number of benzene rings is 1. The van der Waals surface area contributed by atoms with Gasteiger partial charge in [-0.05, 0) is 30.5 Å². The average Bonchev–Trinajstić information content (AvgIpc) is 2.63. The molecule has 0 radical (unpaired) electrons. The molecule has 158 valence electrons. The van der Waals surface area contributed by atoms with Crippen LogP contribution >= 0.6 is 0 Å². The van der Waals surface area contributed by atoms with E-state index in [4.69, 9.17) is 4.74 Å². The minimum Gasteiger partial charge on any atom is -0.489 e. The van der Waals surface area contributed by atoms with E-state index in [0.717, 1.165) is 17.7 Å². The summed E-state index contributed by atoms with van der Waals surface area (Å²) in [6.07, 6.45) is 0.497. The van der Waals surface area contributed by atoms with Crippen molar-refractivity contribution >= 4 is 34.3 Å². The summed E-state index contributed by atoms with van der Waals surface area (Å²) in [7, 11) is 1.39. The molecule has 0 atom stereocenters. The molecule has 1 aromatic heterocycles. The second-order valence-electron chi connectivity index (χ2n) is 7.45. The number of nitrogens with zero attached hydrogens (tertiary/aromatic N) is 2. The molecule has 0 aliphatic rings. The highest BCUT2D eigenvalue weighted by molar-refractivity contribution is 5.99. The number of anilines is 2. The number of hydrogen-bond acceptors (Lipinski definition) is 4. The van der Waals surface area contributed by atoms with Gasteiger partial charge in [0.15, 0.2) is 11.6 Å². The number of nitrogens with one attached hydrogen (secondary N) is 1. The van der Waals surface area contributed by atoms with E-state index in [-0.39, 0.29) is 23.2 Å². The molecular weight excluding hydrogens is 374 g/mol. The lowest BCUT2D eigenvalue weighted by atomic mass is 10.1. The van der Waals surface area contributed by atoms with Gasteiger partial charge in [0.25, 0.3) is 5.56 Å². The standard InChI is InChI=1S/C21H29N3O5/c1-6-7-10-29-18-17-11-15(22-14(4)25)8-9-16(17)20(26)24(12-13(2)3)19(18)23(5)21(27)28/h8-9,11,13H,6-7,10,12H2,1-5H3,(H,22,25)(H,27,28). The number of carbonyl (C=O) groups is 2. The zero-order valence-electron chi connectivity index (χ0n) is 17.6. The number of carboxylic acid groups (broad SMARTS) is 1. The molecule has 0 bridgehead atoms. The van der Waals surface area contributed by atoms with Crippen LogP contribution in [0, 0.1) is 5.92 Å². The third-order valence-electron chi connectivity index (χ3n) is 4.42. The number of pyridine rings is 1. The topological polar surface area (TPSA) is 101 Å². The van der Waals surface area contributed by atoms with Crippen LogP contribution in [0.3, 0.4) is 0 Å². The Labute approximate surface area is 170 Å². The Kier molecular flexibility index (Phi) is 7.25. The van der Waals surface area contributed by atoms with E-state index >= 15 is 0 Å². The third kappa shape index (κ3) is 5.07. The van der Waals surface area contributed by atoms with Gasteiger partial charge < -0.3 is 15.2 Å². The van der Waals surface area contributed by atoms with Gasteiger partial charge in [0.1, 0.15) is 0 Å². The van der Waals surface area contributed by atoms with E-state index in [1.165, 1.54) is 18.5 Å². The fourth-order valence-electron chi connectivity index (χ4n) is 3.10. The number of carbonyl (C=O) groups excluding carboxylic acids is 1. The minimum absolute atomic E-state index is 0.119. The van der Waals surface area contributed by atoms with Gasteiger partial charge in [0, 0.05) is 31.6 Å². The first-order valence-corrected chi connectivity index (χ1v) is 9.74. The van der Waals surface area contributed by atoms with Crippen molar-refractivity contribution in [2.45, 2.75) is 47.1 Å². The van der Waals surface area contributed by atoms with Crippen molar-refractivity contribution in [1.82, 2.24) is 4.57 Å². The maximum atomic E-state index is 13.2. The highest BCUT2D eigenvalue weighted by Gasteiger charge is 2.25. The van der Waals surface area contributed by atoms with Gasteiger partial charge in [-0.1, -0.05) is 27.2 Å². The van der Waals surface area contributed by atoms with Crippen LogP contribution in [0.1, 0.15) is 40.5 Å². The molecule has 8 heteroatoms. The zero-order chi connectivity index (χ0) is 21.7. The Morgan fingerprint density at radius 1 is 1.28 bits per heavy atom. The van der Waals surface area contributed by atoms with Crippen LogP contribution < -0.4 is 20.5 Å². The first kappa shape index (κ1) is 22.3. The van der Waals surface area contributed by atoms with Gasteiger partial charge in [-0.2, -0.15) is 0 Å². The second kappa shape index (κ2) is 9.45. The minimum atomic E-state index is -1.19. The predicted octanol–water partition coefficient (Wildman–Crippen LogP) is 3.91. The summed E-state index contributed by atoms with van der Waals surface area (Å²) < 4.78 is 7.48. The van der Waals surface area contributed by atoms with Crippen molar-refractivity contribution in [3.63, 3.8) is 0 Å². The molecule has 1 heterocycles. The van der Waals surface area contributed by atoms with Gasteiger partial charge in [-0.25, -0.2) is 4.79 Å². The lowest BCUT2D eigenvalue weighted by Gasteiger charge is -2.25. The molecule has 0 spiro atoms. The fraction of sp³-hybridized carbons (Fsp3) is 0.476. The van der Waals surface area contributed by atoms with Crippen molar-refractivity contribution in [3.05, 3.63) is 28.6 Å². The molecule has 0 aliphatic heterocycles. The number of hydrogen-bond donors (Lipinski definition) is 2. The maximum Gasteiger partial charge on any atom is 0.412 e. The van der Waals surface area contributed by atoms with Crippen LogP contribution in [0.25, 0.3) is 10.8 Å². The van der Waals surface area contributed by atoms with Crippen molar-refractivity contribution in [3.8, 4) is 5.75 Å². The number of fused-ring (bicyclic) bond motifs is 1. The Morgan fingerprint density at radius 2 is 1.97 bits per heavy atom. The average molecular weight is 403 g/mol. The predicted molar refractivity (Wildman–Crippen MR) is 114 cm³/mol. The molecule has 0 fully saturated rings. The molecule has 2 N–H and O–H groups in total. The van der Waals surface area contributed by atoms with Gasteiger partial charge in [0.2, 0.25) is 5.91 Å². The maximum absolute atomic E-state index is 13.2. The van der Waals surface area contributed by atoms with Crippen LogP contribution in [0.4, 0.5) is 16.3 Å². The molecule has 8 nitrogen and oxygen atoms in total. The van der Waals surface area contributed by atoms with E-state index in [1.807, 2.05) is 20.8 Å². The van der Waals surface area contributed by atoms with Crippen LogP contribution in [-0.4, -0.2) is 35.3 Å². The van der Waals surface area contributed by atoms with E-state index < -0.39 is 6.09 Å². The smallest absolute Gasteiger partial charge is 0.412 e. The van der Waals surface area contributed by atoms with Crippen LogP contribution in [0.5, 0.6) is 5.75 Å². The number of ether oxygens (including phenoxy) is 1. The van der Waals surface area contributed by atoms with E-state index in [9.17, 15) is 19.5 Å². The summed E-state index contributed by atoms with van der Waals surface area (Å²) in [5.74, 6) is 0.396. The lowest BCUT2D eigenvalue weighted by molar-refractivity contribution is -0.114. The quantitative estimate of drug-likeness (QED) is 0.651. The molecule has 29 heavy (non-hydrogen) atoms. The number of amides is 2. The molecular formula is C21H29N3O5. The highest BCUT2D eigenvalue weighted by Crippen LogP contribution is 2.36. The Bertz CT molecular complexity index is 965. The second-order valence-corrected chi connectivity index (χ2v) is 7.45. The van der Waals surface area contributed by atoms with Crippen molar-refractivity contribution in [1.29, 1.82) is 0 Å². The number of aromatic nitrogens is 1. The van der Waals surface area contributed by atoms with E-state index in [0.29, 0.717) is 35.4 Å². The van der Waals surface area contributed by atoms with Gasteiger partial charge in [-0.3, -0.25) is 19.1 Å². The summed E-state index contributed by atoms with van der Waals surface area (Å²) in [6, 6.07) is 4.94. The summed E-state index contributed by atoms with van der Waals surface area (Å²) >= 11 is 0.